The maximum absolute atomic E-state index is 12.5. The third-order valence-corrected chi connectivity index (χ3v) is 6.56. The molecule has 3 aromatic carbocycles. The topological polar surface area (TPSA) is 87.0 Å². The smallest absolute Gasteiger partial charge is 0.250 e. The van der Waals surface area contributed by atoms with Crippen molar-refractivity contribution in [1.29, 1.82) is 0 Å². The molecule has 0 aliphatic heterocycles. The monoisotopic (exact) mass is 524 g/mol. The van der Waals surface area contributed by atoms with Crippen LogP contribution in [0.4, 0.5) is 0 Å². The Morgan fingerprint density at radius 3 is 2.44 bits per heavy atom. The molecule has 0 aliphatic rings. The van der Waals surface area contributed by atoms with E-state index in [0.717, 1.165) is 21.8 Å². The Bertz CT molecular complexity index is 1390. The summed E-state index contributed by atoms with van der Waals surface area (Å²) in [5.41, 5.74) is 6.14. The zero-order chi connectivity index (χ0) is 25.5. The maximum atomic E-state index is 12.5. The number of hydrogen-bond acceptors (Lipinski definition) is 7. The largest absolute Gasteiger partial charge is 0.496 e. The molecule has 0 fully saturated rings. The van der Waals surface area contributed by atoms with Crippen molar-refractivity contribution in [3.8, 4) is 17.2 Å². The first-order chi connectivity index (χ1) is 17.5. The molecule has 36 heavy (non-hydrogen) atoms. The van der Waals surface area contributed by atoms with E-state index in [0.29, 0.717) is 34.4 Å². The van der Waals surface area contributed by atoms with Crippen LogP contribution < -0.4 is 19.6 Å². The van der Waals surface area contributed by atoms with E-state index in [-0.39, 0.29) is 11.7 Å². The van der Waals surface area contributed by atoms with Crippen molar-refractivity contribution < 1.29 is 19.0 Å². The number of para-hydroxylation sites is 2. The molecule has 186 valence electrons. The Morgan fingerprint density at radius 1 is 1.03 bits per heavy atom. The number of fused-ring (bicyclic) bond motifs is 1. The molecule has 0 unspecified atom stereocenters. The Kier molecular flexibility index (Phi) is 8.35. The van der Waals surface area contributed by atoms with Crippen molar-refractivity contribution >= 4 is 46.5 Å². The Balaban J connectivity index is 1.45. The zero-order valence-corrected chi connectivity index (χ0v) is 21.6. The third kappa shape index (κ3) is 5.92. The number of benzene rings is 3. The lowest BCUT2D eigenvalue weighted by molar-refractivity contribution is -0.118. The molecule has 1 amide bonds. The quantitative estimate of drug-likeness (QED) is 0.178. The number of nitrogens with one attached hydrogen (secondary N) is 1. The van der Waals surface area contributed by atoms with Crippen LogP contribution in [0.25, 0.3) is 11.0 Å². The molecule has 0 saturated heterocycles. The van der Waals surface area contributed by atoms with Crippen LogP contribution in [-0.4, -0.2) is 48.8 Å². The van der Waals surface area contributed by atoms with Crippen LogP contribution in [0.2, 0.25) is 5.02 Å². The first-order valence-corrected chi connectivity index (χ1v) is 12.3. The number of aromatic nitrogens is 2. The summed E-state index contributed by atoms with van der Waals surface area (Å²) in [5, 5.41) is 5.51. The lowest BCUT2D eigenvalue weighted by atomic mass is 10.2. The van der Waals surface area contributed by atoms with Crippen molar-refractivity contribution in [1.82, 2.24) is 15.0 Å². The van der Waals surface area contributed by atoms with E-state index in [1.54, 1.807) is 33.5 Å². The van der Waals surface area contributed by atoms with Gasteiger partial charge in [0.15, 0.2) is 16.7 Å². The number of ether oxygens (including phenoxy) is 3. The van der Waals surface area contributed by atoms with Gasteiger partial charge in [0.05, 0.1) is 50.9 Å². The molecule has 0 radical (unpaired) electrons. The van der Waals surface area contributed by atoms with Crippen molar-refractivity contribution in [3.05, 3.63) is 76.8 Å². The van der Waals surface area contributed by atoms with Crippen LogP contribution in [0.1, 0.15) is 11.1 Å². The first kappa shape index (κ1) is 25.4. The Labute approximate surface area is 218 Å². The number of nitrogens with zero attached hydrogens (tertiary/aromatic N) is 3. The van der Waals surface area contributed by atoms with Gasteiger partial charge in [-0.15, -0.1) is 0 Å². The van der Waals surface area contributed by atoms with Crippen LogP contribution in [0.3, 0.4) is 0 Å². The highest BCUT2D eigenvalue weighted by atomic mass is 35.5. The summed E-state index contributed by atoms with van der Waals surface area (Å²) < 4.78 is 18.1. The van der Waals surface area contributed by atoms with Gasteiger partial charge in [0, 0.05) is 16.7 Å². The van der Waals surface area contributed by atoms with E-state index in [9.17, 15) is 4.79 Å². The molecule has 0 atom stereocenters. The number of methoxy groups -OCH3 is 3. The standard InChI is InChI=1S/C26H25ClN4O4S/c1-33-22-13-24(35-3)23(34-2)12-18(22)14-28-30-25(32)16-36-26-29-20-6-4-5-7-21(20)31(26)15-17-8-10-19(27)11-9-17/h4-14H,15-16H2,1-3H3,(H,30,32)/b28-14-. The fourth-order valence-corrected chi connectivity index (χ4v) is 4.51. The van der Waals surface area contributed by atoms with E-state index in [4.69, 9.17) is 30.8 Å². The number of carbonyl (C=O) groups excluding carboxylic acids is 1. The number of rotatable bonds is 10. The van der Waals surface area contributed by atoms with E-state index in [2.05, 4.69) is 15.1 Å². The summed E-state index contributed by atoms with van der Waals surface area (Å²) in [6.07, 6.45) is 1.50. The minimum absolute atomic E-state index is 0.143. The summed E-state index contributed by atoms with van der Waals surface area (Å²) in [5.74, 6) is 1.48. The summed E-state index contributed by atoms with van der Waals surface area (Å²) >= 11 is 7.38. The summed E-state index contributed by atoms with van der Waals surface area (Å²) in [6, 6.07) is 19.0. The molecule has 1 aromatic heterocycles. The molecule has 1 heterocycles. The van der Waals surface area contributed by atoms with Gasteiger partial charge in [0.1, 0.15) is 5.75 Å². The predicted molar refractivity (Wildman–Crippen MR) is 143 cm³/mol. The highest BCUT2D eigenvalue weighted by Crippen LogP contribution is 2.33. The highest BCUT2D eigenvalue weighted by molar-refractivity contribution is 7.99. The molecular formula is C26H25ClN4O4S. The summed E-state index contributed by atoms with van der Waals surface area (Å²) in [6.45, 7) is 0.610. The molecule has 0 aliphatic carbocycles. The minimum atomic E-state index is -0.263. The molecule has 0 bridgehead atoms. The van der Waals surface area contributed by atoms with Crippen molar-refractivity contribution in [3.63, 3.8) is 0 Å². The average Bonchev–Trinajstić information content (AvgIpc) is 3.25. The van der Waals surface area contributed by atoms with Crippen molar-refractivity contribution in [2.45, 2.75) is 11.7 Å². The van der Waals surface area contributed by atoms with Crippen molar-refractivity contribution in [2.24, 2.45) is 5.10 Å². The summed E-state index contributed by atoms with van der Waals surface area (Å²) in [4.78, 5) is 17.3. The van der Waals surface area contributed by atoms with Gasteiger partial charge >= 0.3 is 0 Å². The van der Waals surface area contributed by atoms with Gasteiger partial charge in [-0.2, -0.15) is 5.10 Å². The van der Waals surface area contributed by atoms with Gasteiger partial charge in [-0.3, -0.25) is 4.79 Å². The Morgan fingerprint density at radius 2 is 1.72 bits per heavy atom. The fourth-order valence-electron chi connectivity index (χ4n) is 3.58. The number of hydrogen-bond donors (Lipinski definition) is 1. The maximum Gasteiger partial charge on any atom is 0.250 e. The van der Waals surface area contributed by atoms with Crippen LogP contribution >= 0.6 is 23.4 Å². The molecular weight excluding hydrogens is 500 g/mol. The highest BCUT2D eigenvalue weighted by Gasteiger charge is 2.14. The van der Waals surface area contributed by atoms with Gasteiger partial charge in [-0.1, -0.05) is 47.6 Å². The molecule has 8 nitrogen and oxygen atoms in total. The van der Waals surface area contributed by atoms with E-state index < -0.39 is 0 Å². The second-order valence-electron chi connectivity index (χ2n) is 7.63. The van der Waals surface area contributed by atoms with Gasteiger partial charge in [0.25, 0.3) is 5.91 Å². The second-order valence-corrected chi connectivity index (χ2v) is 9.01. The first-order valence-electron chi connectivity index (χ1n) is 11.0. The van der Waals surface area contributed by atoms with E-state index in [1.165, 1.54) is 18.0 Å². The number of halogens is 1. The zero-order valence-electron chi connectivity index (χ0n) is 20.0. The van der Waals surface area contributed by atoms with Crippen molar-refractivity contribution in [2.75, 3.05) is 27.1 Å². The number of amides is 1. The van der Waals surface area contributed by atoms with E-state index >= 15 is 0 Å². The third-order valence-electron chi connectivity index (χ3n) is 5.33. The van der Waals surface area contributed by atoms with Gasteiger partial charge in [0.2, 0.25) is 0 Å². The molecule has 1 N–H and O–H groups in total. The number of hydrazone groups is 1. The van der Waals surface area contributed by atoms with Gasteiger partial charge in [-0.05, 0) is 35.9 Å². The number of imidazole rings is 1. The van der Waals surface area contributed by atoms with Crippen LogP contribution in [0.5, 0.6) is 17.2 Å². The molecule has 4 aromatic rings. The average molecular weight is 525 g/mol. The number of carbonyl (C=O) groups is 1. The predicted octanol–water partition coefficient (Wildman–Crippen LogP) is 5.01. The minimum Gasteiger partial charge on any atom is -0.496 e. The number of thioether (sulfide) groups is 1. The van der Waals surface area contributed by atoms with Gasteiger partial charge < -0.3 is 18.8 Å². The summed E-state index contributed by atoms with van der Waals surface area (Å²) in [7, 11) is 4.64. The van der Waals surface area contributed by atoms with E-state index in [1.807, 2.05) is 48.5 Å². The van der Waals surface area contributed by atoms with Gasteiger partial charge in [-0.25, -0.2) is 10.4 Å². The molecule has 0 saturated carbocycles. The van der Waals surface area contributed by atoms with Crippen LogP contribution in [0, 0.1) is 0 Å². The molecule has 10 heteroatoms. The lowest BCUT2D eigenvalue weighted by Crippen LogP contribution is -2.20. The molecule has 0 spiro atoms. The lowest BCUT2D eigenvalue weighted by Gasteiger charge is -2.11. The van der Waals surface area contributed by atoms with Crippen LogP contribution in [-0.2, 0) is 11.3 Å². The molecule has 4 rings (SSSR count). The Hall–Kier alpha value is -3.69. The SMILES string of the molecule is COc1cc(OC)c(OC)cc1/C=N\NC(=O)CSc1nc2ccccc2n1Cc1ccc(Cl)cc1. The fraction of sp³-hybridized carbons (Fsp3) is 0.192. The van der Waals surface area contributed by atoms with Crippen LogP contribution in [0.15, 0.2) is 70.9 Å². The normalized spacial score (nSPS) is 11.1. The second kappa shape index (κ2) is 11.8.